The fraction of sp³-hybridized carbons (Fsp3) is 0.714. The highest BCUT2D eigenvalue weighted by Crippen LogP contribution is 1.96. The van der Waals surface area contributed by atoms with E-state index in [1.54, 1.807) is 4.90 Å². The molecule has 0 radical (unpaired) electrons. The first kappa shape index (κ1) is 9.79. The number of hydrogen-bond acceptors (Lipinski definition) is 3. The van der Waals surface area contributed by atoms with E-state index in [0.717, 1.165) is 0 Å². The third-order valence-electron chi connectivity index (χ3n) is 1.72. The smallest absolute Gasteiger partial charge is 0.436 e. The van der Waals surface area contributed by atoms with Gasteiger partial charge < -0.3 is 20.1 Å². The molecule has 0 spiro atoms. The van der Waals surface area contributed by atoms with Crippen molar-refractivity contribution >= 4 is 12.1 Å². The molecule has 2 N–H and O–H groups in total. The summed E-state index contributed by atoms with van der Waals surface area (Å²) in [6.07, 6.45) is -0.677. The number of ether oxygens (including phenoxy) is 2. The molecule has 0 aromatic heterocycles. The standard InChI is InChI=1S/C7H13N3O3/c1-12-7(11)9-6(8)10-2-4-13-5-3-10/h2-5H2,1H3,(H2,8,9,11). The molecule has 1 saturated heterocycles. The molecule has 1 amide bonds. The van der Waals surface area contributed by atoms with Crippen molar-refractivity contribution in [3.05, 3.63) is 0 Å². The van der Waals surface area contributed by atoms with Crippen LogP contribution in [0.4, 0.5) is 4.79 Å². The third kappa shape index (κ3) is 2.90. The molecule has 0 aliphatic carbocycles. The van der Waals surface area contributed by atoms with E-state index in [0.29, 0.717) is 26.3 Å². The van der Waals surface area contributed by atoms with Crippen molar-refractivity contribution in [3.8, 4) is 0 Å². The second kappa shape index (κ2) is 4.66. The lowest BCUT2D eigenvalue weighted by Crippen LogP contribution is -2.45. The van der Waals surface area contributed by atoms with Crippen LogP contribution in [0.5, 0.6) is 0 Å². The Morgan fingerprint density at radius 2 is 2.15 bits per heavy atom. The van der Waals surface area contributed by atoms with E-state index in [2.05, 4.69) is 9.73 Å². The second-order valence-corrected chi connectivity index (χ2v) is 2.54. The summed E-state index contributed by atoms with van der Waals surface area (Å²) >= 11 is 0. The molecule has 1 aliphatic rings. The lowest BCUT2D eigenvalue weighted by Gasteiger charge is -2.27. The molecule has 0 bridgehead atoms. The van der Waals surface area contributed by atoms with Crippen LogP contribution >= 0.6 is 0 Å². The van der Waals surface area contributed by atoms with Gasteiger partial charge in [0, 0.05) is 13.1 Å². The molecule has 74 valence electrons. The van der Waals surface area contributed by atoms with Crippen LogP contribution in [0.25, 0.3) is 0 Å². The van der Waals surface area contributed by atoms with Crippen LogP contribution in [0, 0.1) is 0 Å². The summed E-state index contributed by atoms with van der Waals surface area (Å²) in [4.78, 5) is 16.0. The quantitative estimate of drug-likeness (QED) is 0.404. The number of aliphatic imine (C=N–C) groups is 1. The minimum absolute atomic E-state index is 0.190. The third-order valence-corrected chi connectivity index (χ3v) is 1.72. The summed E-state index contributed by atoms with van der Waals surface area (Å²) < 4.78 is 9.46. The van der Waals surface area contributed by atoms with Crippen LogP contribution in [0.15, 0.2) is 4.99 Å². The summed E-state index contributed by atoms with van der Waals surface area (Å²) in [7, 11) is 1.26. The minimum atomic E-state index is -0.677. The van der Waals surface area contributed by atoms with Crippen molar-refractivity contribution < 1.29 is 14.3 Å². The van der Waals surface area contributed by atoms with Crippen LogP contribution in [-0.2, 0) is 9.47 Å². The van der Waals surface area contributed by atoms with Crippen molar-refractivity contribution in [2.24, 2.45) is 10.7 Å². The number of methoxy groups -OCH3 is 1. The van der Waals surface area contributed by atoms with Crippen molar-refractivity contribution in [2.75, 3.05) is 33.4 Å². The van der Waals surface area contributed by atoms with Gasteiger partial charge >= 0.3 is 6.09 Å². The summed E-state index contributed by atoms with van der Waals surface area (Å²) in [6.45, 7) is 2.54. The Kier molecular flexibility index (Phi) is 3.51. The summed E-state index contributed by atoms with van der Waals surface area (Å²) in [6, 6.07) is 0. The SMILES string of the molecule is COC(=O)/N=C(\N)N1CCOCC1. The molecule has 0 aromatic carbocycles. The molecular weight excluding hydrogens is 174 g/mol. The first-order valence-electron chi connectivity index (χ1n) is 3.99. The Balaban J connectivity index is 2.49. The van der Waals surface area contributed by atoms with Gasteiger partial charge in [-0.2, -0.15) is 0 Å². The first-order chi connectivity index (χ1) is 6.24. The molecule has 13 heavy (non-hydrogen) atoms. The topological polar surface area (TPSA) is 77.1 Å². The Hall–Kier alpha value is -1.30. The van der Waals surface area contributed by atoms with Gasteiger partial charge in [-0.3, -0.25) is 0 Å². The monoisotopic (exact) mass is 187 g/mol. The average Bonchev–Trinajstić information content (AvgIpc) is 2.19. The Bertz CT molecular complexity index is 211. The van der Waals surface area contributed by atoms with Crippen LogP contribution in [-0.4, -0.2) is 50.4 Å². The van der Waals surface area contributed by atoms with Crippen molar-refractivity contribution in [1.29, 1.82) is 0 Å². The normalized spacial score (nSPS) is 18.5. The van der Waals surface area contributed by atoms with Crippen LogP contribution in [0.1, 0.15) is 0 Å². The maximum absolute atomic E-state index is 10.7. The zero-order valence-corrected chi connectivity index (χ0v) is 7.52. The van der Waals surface area contributed by atoms with Gasteiger partial charge in [0.15, 0.2) is 0 Å². The largest absolute Gasteiger partial charge is 0.451 e. The van der Waals surface area contributed by atoms with Crippen molar-refractivity contribution in [2.45, 2.75) is 0 Å². The molecule has 0 unspecified atom stereocenters. The van der Waals surface area contributed by atoms with E-state index in [1.165, 1.54) is 7.11 Å². The molecule has 1 rings (SSSR count). The van der Waals surface area contributed by atoms with E-state index >= 15 is 0 Å². The molecule has 6 nitrogen and oxygen atoms in total. The van der Waals surface area contributed by atoms with Crippen LogP contribution in [0.2, 0.25) is 0 Å². The number of morpholine rings is 1. The summed E-state index contributed by atoms with van der Waals surface area (Å²) in [5.41, 5.74) is 5.54. The van der Waals surface area contributed by atoms with Gasteiger partial charge in [0.2, 0.25) is 5.96 Å². The average molecular weight is 187 g/mol. The molecule has 0 aromatic rings. The van der Waals surface area contributed by atoms with Crippen LogP contribution in [0.3, 0.4) is 0 Å². The number of rotatable bonds is 0. The summed E-state index contributed by atoms with van der Waals surface area (Å²) in [5.74, 6) is 0.190. The lowest BCUT2D eigenvalue weighted by atomic mass is 10.4. The van der Waals surface area contributed by atoms with E-state index in [1.807, 2.05) is 0 Å². The predicted molar refractivity (Wildman–Crippen MR) is 46.4 cm³/mol. The van der Waals surface area contributed by atoms with Gasteiger partial charge in [-0.05, 0) is 0 Å². The van der Waals surface area contributed by atoms with Crippen LogP contribution < -0.4 is 5.73 Å². The Morgan fingerprint density at radius 1 is 1.54 bits per heavy atom. The first-order valence-corrected chi connectivity index (χ1v) is 3.99. The number of nitrogens with zero attached hydrogens (tertiary/aromatic N) is 2. The summed E-state index contributed by atoms with van der Waals surface area (Å²) in [5, 5.41) is 0. The number of nitrogens with two attached hydrogens (primary N) is 1. The number of carbonyl (C=O) groups excluding carboxylic acids is 1. The highest BCUT2D eigenvalue weighted by atomic mass is 16.5. The van der Waals surface area contributed by atoms with Crippen molar-refractivity contribution in [3.63, 3.8) is 0 Å². The lowest BCUT2D eigenvalue weighted by molar-refractivity contribution is 0.0673. The maximum Gasteiger partial charge on any atom is 0.436 e. The minimum Gasteiger partial charge on any atom is -0.451 e. The second-order valence-electron chi connectivity index (χ2n) is 2.54. The number of guanidine groups is 1. The van der Waals surface area contributed by atoms with Gasteiger partial charge in [-0.15, -0.1) is 4.99 Å². The van der Waals surface area contributed by atoms with Crippen molar-refractivity contribution in [1.82, 2.24) is 4.90 Å². The number of amides is 1. The molecule has 1 fully saturated rings. The van der Waals surface area contributed by atoms with Gasteiger partial charge in [0.25, 0.3) is 0 Å². The van der Waals surface area contributed by atoms with E-state index in [-0.39, 0.29) is 5.96 Å². The predicted octanol–water partition coefficient (Wildman–Crippen LogP) is -0.600. The zero-order chi connectivity index (χ0) is 9.68. The van der Waals surface area contributed by atoms with E-state index < -0.39 is 6.09 Å². The van der Waals surface area contributed by atoms with E-state index in [4.69, 9.17) is 10.5 Å². The molecular formula is C7H13N3O3. The highest BCUT2D eigenvalue weighted by Gasteiger charge is 2.13. The van der Waals surface area contributed by atoms with Gasteiger partial charge in [-0.1, -0.05) is 0 Å². The van der Waals surface area contributed by atoms with E-state index in [9.17, 15) is 4.79 Å². The van der Waals surface area contributed by atoms with Gasteiger partial charge in [0.1, 0.15) is 0 Å². The zero-order valence-electron chi connectivity index (χ0n) is 7.52. The Morgan fingerprint density at radius 3 is 2.69 bits per heavy atom. The van der Waals surface area contributed by atoms with Gasteiger partial charge in [-0.25, -0.2) is 4.79 Å². The Labute approximate surface area is 76.3 Å². The molecule has 6 heteroatoms. The molecule has 0 saturated carbocycles. The number of carbonyl (C=O) groups is 1. The number of hydrogen-bond donors (Lipinski definition) is 1. The molecule has 0 atom stereocenters. The molecule has 1 heterocycles. The maximum atomic E-state index is 10.7. The fourth-order valence-electron chi connectivity index (χ4n) is 1.00. The van der Waals surface area contributed by atoms with Gasteiger partial charge in [0.05, 0.1) is 20.3 Å². The molecule has 1 aliphatic heterocycles. The highest BCUT2D eigenvalue weighted by molar-refractivity contribution is 5.89. The fourth-order valence-corrected chi connectivity index (χ4v) is 1.00.